The van der Waals surface area contributed by atoms with Crippen molar-refractivity contribution in [3.63, 3.8) is 0 Å². The molecule has 0 aliphatic carbocycles. The van der Waals surface area contributed by atoms with E-state index >= 15 is 0 Å². The number of rotatable bonds is 3. The quantitative estimate of drug-likeness (QED) is 0.913. The minimum atomic E-state index is -1.17. The Morgan fingerprint density at radius 1 is 1.00 bits per heavy atom. The van der Waals surface area contributed by atoms with Crippen LogP contribution in [0.4, 0.5) is 14.5 Å². The Kier molecular flexibility index (Phi) is 5.37. The molecule has 0 aliphatic heterocycles. The van der Waals surface area contributed by atoms with Crippen LogP contribution < -0.4 is 5.32 Å². The van der Waals surface area contributed by atoms with Gasteiger partial charge in [-0.25, -0.2) is 13.6 Å². The van der Waals surface area contributed by atoms with E-state index in [4.69, 9.17) is 5.11 Å². The number of carboxylic acid groups (broad SMARTS) is 1. The van der Waals surface area contributed by atoms with Crippen LogP contribution in [-0.4, -0.2) is 17.0 Å². The summed E-state index contributed by atoms with van der Waals surface area (Å²) in [6, 6.07) is 8.43. The minimum absolute atomic E-state index is 0. The summed E-state index contributed by atoms with van der Waals surface area (Å²) in [5.41, 5.74) is -0.623. The van der Waals surface area contributed by atoms with E-state index in [1.54, 1.807) is 0 Å². The van der Waals surface area contributed by atoms with Crippen molar-refractivity contribution in [1.82, 2.24) is 0 Å². The third-order valence-electron chi connectivity index (χ3n) is 2.56. The van der Waals surface area contributed by atoms with Crippen LogP contribution in [-0.2, 0) is 0 Å². The van der Waals surface area contributed by atoms with Gasteiger partial charge in [0.1, 0.15) is 17.2 Å². The molecule has 0 saturated carbocycles. The number of benzene rings is 2. The molecular weight excluding hydrogens is 304 g/mol. The highest BCUT2D eigenvalue weighted by molar-refractivity contribution is 6.05. The monoisotopic (exact) mass is 313 g/mol. The first-order chi connectivity index (χ1) is 9.49. The van der Waals surface area contributed by atoms with E-state index in [9.17, 15) is 18.4 Å². The number of amides is 1. The molecule has 0 saturated heterocycles. The molecule has 2 aromatic carbocycles. The molecule has 2 aromatic rings. The van der Waals surface area contributed by atoms with Gasteiger partial charge < -0.3 is 10.4 Å². The third kappa shape index (κ3) is 3.76. The lowest BCUT2D eigenvalue weighted by atomic mass is 10.1. The van der Waals surface area contributed by atoms with Crippen molar-refractivity contribution in [2.45, 2.75) is 0 Å². The van der Waals surface area contributed by atoms with E-state index in [0.29, 0.717) is 0 Å². The molecule has 0 heterocycles. The summed E-state index contributed by atoms with van der Waals surface area (Å²) in [5, 5.41) is 11.1. The van der Waals surface area contributed by atoms with E-state index in [1.165, 1.54) is 24.3 Å². The summed E-state index contributed by atoms with van der Waals surface area (Å²) in [5.74, 6) is -4.13. The summed E-state index contributed by atoms with van der Waals surface area (Å²) in [6.07, 6.45) is 0. The summed E-state index contributed by atoms with van der Waals surface area (Å²) in [4.78, 5) is 22.6. The molecule has 21 heavy (non-hydrogen) atoms. The van der Waals surface area contributed by atoms with Gasteiger partial charge in [-0.3, -0.25) is 4.79 Å². The fraction of sp³-hybridized carbons (Fsp3) is 0. The van der Waals surface area contributed by atoms with Crippen LogP contribution >= 0.6 is 12.4 Å². The van der Waals surface area contributed by atoms with Crippen LogP contribution in [0.25, 0.3) is 0 Å². The number of carboxylic acids is 1. The molecular formula is C14H10ClF2NO3. The predicted molar refractivity (Wildman–Crippen MR) is 75.0 cm³/mol. The van der Waals surface area contributed by atoms with Gasteiger partial charge in [0.2, 0.25) is 0 Å². The second-order valence-corrected chi connectivity index (χ2v) is 3.94. The first-order valence-electron chi connectivity index (χ1n) is 5.58. The maximum absolute atomic E-state index is 13.4. The second kappa shape index (κ2) is 6.81. The standard InChI is InChI=1S/C14H9F2NO3.ClH/c15-10-5-2-6-11(16)12(10)13(18)17-9-4-1-3-8(7-9)14(19)20;/h1-7H,(H,17,18)(H,19,20);1H. The van der Waals surface area contributed by atoms with Gasteiger partial charge in [0.05, 0.1) is 5.56 Å². The molecule has 0 unspecified atom stereocenters. The average molecular weight is 314 g/mol. The SMILES string of the molecule is Cl.O=C(O)c1cccc(NC(=O)c2c(F)cccc2F)c1. The Hall–Kier alpha value is -2.47. The average Bonchev–Trinajstić information content (AvgIpc) is 2.38. The van der Waals surface area contributed by atoms with Crippen LogP contribution in [0.15, 0.2) is 42.5 Å². The van der Waals surface area contributed by atoms with Gasteiger partial charge in [-0.05, 0) is 30.3 Å². The van der Waals surface area contributed by atoms with Crippen LogP contribution in [0.1, 0.15) is 20.7 Å². The van der Waals surface area contributed by atoms with Crippen molar-refractivity contribution in [2.75, 3.05) is 5.32 Å². The molecule has 0 radical (unpaired) electrons. The number of halogens is 3. The van der Waals surface area contributed by atoms with Crippen molar-refractivity contribution in [3.8, 4) is 0 Å². The fourth-order valence-corrected chi connectivity index (χ4v) is 1.64. The Bertz CT molecular complexity index is 671. The third-order valence-corrected chi connectivity index (χ3v) is 2.56. The predicted octanol–water partition coefficient (Wildman–Crippen LogP) is 3.34. The topological polar surface area (TPSA) is 66.4 Å². The highest BCUT2D eigenvalue weighted by Crippen LogP contribution is 2.16. The first kappa shape index (κ1) is 16.6. The summed E-state index contributed by atoms with van der Waals surface area (Å²) in [6.45, 7) is 0. The molecule has 110 valence electrons. The van der Waals surface area contributed by atoms with Gasteiger partial charge in [-0.2, -0.15) is 0 Å². The summed E-state index contributed by atoms with van der Waals surface area (Å²) < 4.78 is 26.8. The Morgan fingerprint density at radius 3 is 2.14 bits per heavy atom. The Morgan fingerprint density at radius 2 is 1.57 bits per heavy atom. The second-order valence-electron chi connectivity index (χ2n) is 3.94. The number of nitrogens with one attached hydrogen (secondary N) is 1. The first-order valence-corrected chi connectivity index (χ1v) is 5.58. The van der Waals surface area contributed by atoms with E-state index < -0.39 is 29.1 Å². The van der Waals surface area contributed by atoms with Crippen molar-refractivity contribution in [3.05, 3.63) is 65.2 Å². The molecule has 0 aliphatic rings. The number of carbonyl (C=O) groups excluding carboxylic acids is 1. The van der Waals surface area contributed by atoms with Crippen LogP contribution in [0, 0.1) is 11.6 Å². The Labute approximate surface area is 124 Å². The molecule has 2 rings (SSSR count). The van der Waals surface area contributed by atoms with Gasteiger partial charge in [0.15, 0.2) is 0 Å². The summed E-state index contributed by atoms with van der Waals surface area (Å²) in [7, 11) is 0. The molecule has 7 heteroatoms. The maximum Gasteiger partial charge on any atom is 0.335 e. The zero-order valence-electron chi connectivity index (χ0n) is 10.5. The van der Waals surface area contributed by atoms with Crippen LogP contribution in [0.2, 0.25) is 0 Å². The van der Waals surface area contributed by atoms with E-state index in [1.807, 2.05) is 0 Å². The summed E-state index contributed by atoms with van der Waals surface area (Å²) >= 11 is 0. The lowest BCUT2D eigenvalue weighted by Gasteiger charge is -2.07. The molecule has 1 amide bonds. The molecule has 0 bridgehead atoms. The van der Waals surface area contributed by atoms with Crippen LogP contribution in [0.5, 0.6) is 0 Å². The van der Waals surface area contributed by atoms with Crippen molar-refractivity contribution >= 4 is 30.0 Å². The van der Waals surface area contributed by atoms with E-state index in [-0.39, 0.29) is 23.7 Å². The lowest BCUT2D eigenvalue weighted by molar-refractivity contribution is 0.0696. The normalized spacial score (nSPS) is 9.62. The number of aromatic carboxylic acids is 1. The number of hydrogen-bond acceptors (Lipinski definition) is 2. The molecule has 4 nitrogen and oxygen atoms in total. The van der Waals surface area contributed by atoms with Crippen LogP contribution in [0.3, 0.4) is 0 Å². The smallest absolute Gasteiger partial charge is 0.335 e. The number of anilines is 1. The maximum atomic E-state index is 13.4. The van der Waals surface area contributed by atoms with Crippen molar-refractivity contribution in [1.29, 1.82) is 0 Å². The van der Waals surface area contributed by atoms with E-state index in [0.717, 1.165) is 18.2 Å². The van der Waals surface area contributed by atoms with Gasteiger partial charge in [0.25, 0.3) is 5.91 Å². The minimum Gasteiger partial charge on any atom is -0.478 e. The molecule has 0 spiro atoms. The number of hydrogen-bond donors (Lipinski definition) is 2. The van der Waals surface area contributed by atoms with Gasteiger partial charge in [-0.15, -0.1) is 12.4 Å². The Balaban J connectivity index is 0.00000220. The van der Waals surface area contributed by atoms with Gasteiger partial charge >= 0.3 is 5.97 Å². The van der Waals surface area contributed by atoms with Gasteiger partial charge in [-0.1, -0.05) is 12.1 Å². The highest BCUT2D eigenvalue weighted by atomic mass is 35.5. The fourth-order valence-electron chi connectivity index (χ4n) is 1.64. The molecule has 0 aromatic heterocycles. The molecule has 0 fully saturated rings. The zero-order chi connectivity index (χ0) is 14.7. The largest absolute Gasteiger partial charge is 0.478 e. The van der Waals surface area contributed by atoms with Crippen molar-refractivity contribution < 1.29 is 23.5 Å². The highest BCUT2D eigenvalue weighted by Gasteiger charge is 2.17. The molecule has 0 atom stereocenters. The zero-order valence-corrected chi connectivity index (χ0v) is 11.3. The molecule has 2 N–H and O–H groups in total. The number of carbonyl (C=O) groups is 2. The lowest BCUT2D eigenvalue weighted by Crippen LogP contribution is -2.16. The van der Waals surface area contributed by atoms with Crippen molar-refractivity contribution in [2.24, 2.45) is 0 Å². The van der Waals surface area contributed by atoms with Gasteiger partial charge in [0, 0.05) is 5.69 Å². The van der Waals surface area contributed by atoms with E-state index in [2.05, 4.69) is 5.32 Å².